The van der Waals surface area contributed by atoms with Gasteiger partial charge >= 0.3 is 0 Å². The molecular weight excluding hydrogens is 188 g/mol. The van der Waals surface area contributed by atoms with Crippen LogP contribution in [0.4, 0.5) is 0 Å². The molecule has 0 spiro atoms. The first-order valence-corrected chi connectivity index (χ1v) is 5.46. The molecule has 0 bridgehead atoms. The van der Waals surface area contributed by atoms with E-state index in [-0.39, 0.29) is 0 Å². The van der Waals surface area contributed by atoms with Crippen molar-refractivity contribution < 1.29 is 0 Å². The summed E-state index contributed by atoms with van der Waals surface area (Å²) in [7, 11) is 0. The van der Waals surface area contributed by atoms with Crippen molar-refractivity contribution in [2.45, 2.75) is 16.8 Å². The van der Waals surface area contributed by atoms with Gasteiger partial charge in [0.05, 0.1) is 0 Å². The maximum atomic E-state index is 4.27. The van der Waals surface area contributed by atoms with Crippen LogP contribution in [0, 0.1) is 0 Å². The summed E-state index contributed by atoms with van der Waals surface area (Å²) in [5.74, 6) is 1.88. The van der Waals surface area contributed by atoms with E-state index in [4.69, 9.17) is 0 Å². The van der Waals surface area contributed by atoms with E-state index in [1.807, 2.05) is 0 Å². The molecule has 0 aromatic carbocycles. The van der Waals surface area contributed by atoms with Gasteiger partial charge in [-0.2, -0.15) is 37.9 Å². The van der Waals surface area contributed by atoms with E-state index >= 15 is 0 Å². The lowest BCUT2D eigenvalue weighted by Crippen LogP contribution is -2.05. The molecular formula is C5H12S4. The van der Waals surface area contributed by atoms with Gasteiger partial charge in [-0.25, -0.2) is 0 Å². The highest BCUT2D eigenvalue weighted by atomic mass is 32.2. The number of thioether (sulfide) groups is 1. The number of hydrogen-bond acceptors (Lipinski definition) is 4. The monoisotopic (exact) mass is 200 g/mol. The standard InChI is InChI=1S/C5H12S4/c1-4(7)9-3-5(8)2-6/h4-8H,2-3H2,1H3/t4-,5?/m1/s1. The van der Waals surface area contributed by atoms with Crippen LogP contribution >= 0.6 is 49.6 Å². The van der Waals surface area contributed by atoms with E-state index < -0.39 is 0 Å². The van der Waals surface area contributed by atoms with Crippen LogP contribution in [0.1, 0.15) is 6.92 Å². The molecule has 1 unspecified atom stereocenters. The summed E-state index contributed by atoms with van der Waals surface area (Å²) >= 11 is 14.4. The third kappa shape index (κ3) is 7.30. The van der Waals surface area contributed by atoms with Gasteiger partial charge in [0.2, 0.25) is 0 Å². The molecule has 0 saturated heterocycles. The first kappa shape index (κ1) is 10.4. The Labute approximate surface area is 77.8 Å². The predicted molar refractivity (Wildman–Crippen MR) is 57.5 cm³/mol. The van der Waals surface area contributed by atoms with Gasteiger partial charge in [0.1, 0.15) is 0 Å². The largest absolute Gasteiger partial charge is 0.178 e. The zero-order valence-corrected chi connectivity index (χ0v) is 8.82. The van der Waals surface area contributed by atoms with Gasteiger partial charge in [0.15, 0.2) is 0 Å². The Kier molecular flexibility index (Phi) is 7.09. The fourth-order valence-corrected chi connectivity index (χ4v) is 1.74. The summed E-state index contributed by atoms with van der Waals surface area (Å²) in [6.07, 6.45) is 0. The minimum absolute atomic E-state index is 0.410. The van der Waals surface area contributed by atoms with E-state index in [2.05, 4.69) is 44.8 Å². The Hall–Kier alpha value is 1.40. The average Bonchev–Trinajstić information content (AvgIpc) is 1.83. The smallest absolute Gasteiger partial charge is 0.0444 e. The highest BCUT2D eigenvalue weighted by molar-refractivity contribution is 8.10. The molecule has 0 saturated carbocycles. The van der Waals surface area contributed by atoms with E-state index in [1.165, 1.54) is 0 Å². The van der Waals surface area contributed by atoms with Crippen molar-refractivity contribution >= 4 is 49.6 Å². The van der Waals surface area contributed by atoms with Gasteiger partial charge in [0, 0.05) is 21.3 Å². The summed E-state index contributed by atoms with van der Waals surface area (Å²) in [6.45, 7) is 2.06. The topological polar surface area (TPSA) is 0 Å². The van der Waals surface area contributed by atoms with Crippen LogP contribution in [0.25, 0.3) is 0 Å². The van der Waals surface area contributed by atoms with Gasteiger partial charge in [0.25, 0.3) is 0 Å². The Morgan fingerprint density at radius 3 is 2.33 bits per heavy atom. The maximum Gasteiger partial charge on any atom is 0.0444 e. The lowest BCUT2D eigenvalue weighted by Gasteiger charge is -2.07. The molecule has 0 aliphatic rings. The van der Waals surface area contributed by atoms with Crippen molar-refractivity contribution in [2.75, 3.05) is 11.5 Å². The molecule has 0 heterocycles. The molecule has 0 N–H and O–H groups in total. The van der Waals surface area contributed by atoms with Crippen LogP contribution in [0.3, 0.4) is 0 Å². The zero-order chi connectivity index (χ0) is 7.28. The summed E-state index contributed by atoms with van der Waals surface area (Å²) < 4.78 is 0.416. The Morgan fingerprint density at radius 1 is 1.44 bits per heavy atom. The van der Waals surface area contributed by atoms with Crippen LogP contribution in [0.2, 0.25) is 0 Å². The maximum absolute atomic E-state index is 4.27. The molecule has 0 aromatic rings. The fourth-order valence-electron chi connectivity index (χ4n) is 0.303. The highest BCUT2D eigenvalue weighted by Gasteiger charge is 2.01. The third-order valence-electron chi connectivity index (χ3n) is 0.741. The minimum Gasteiger partial charge on any atom is -0.178 e. The number of rotatable bonds is 4. The van der Waals surface area contributed by atoms with E-state index in [9.17, 15) is 0 Å². The zero-order valence-electron chi connectivity index (χ0n) is 5.32. The lowest BCUT2D eigenvalue weighted by molar-refractivity contribution is 1.16. The van der Waals surface area contributed by atoms with Crippen LogP contribution < -0.4 is 0 Å². The van der Waals surface area contributed by atoms with Crippen molar-refractivity contribution in [1.29, 1.82) is 0 Å². The molecule has 0 amide bonds. The molecule has 0 radical (unpaired) electrons. The molecule has 0 fully saturated rings. The molecule has 2 atom stereocenters. The second kappa shape index (κ2) is 6.13. The van der Waals surface area contributed by atoms with E-state index in [0.717, 1.165) is 11.5 Å². The molecule has 0 rings (SSSR count). The average molecular weight is 200 g/mol. The summed E-state index contributed by atoms with van der Waals surface area (Å²) in [4.78, 5) is 0. The van der Waals surface area contributed by atoms with Crippen LogP contribution in [0.5, 0.6) is 0 Å². The Morgan fingerprint density at radius 2 is 2.00 bits per heavy atom. The molecule has 0 nitrogen and oxygen atoms in total. The molecule has 0 aliphatic heterocycles. The van der Waals surface area contributed by atoms with Gasteiger partial charge in [-0.3, -0.25) is 0 Å². The quantitative estimate of drug-likeness (QED) is 0.462. The van der Waals surface area contributed by atoms with Crippen molar-refractivity contribution in [3.05, 3.63) is 0 Å². The Balaban J connectivity index is 3.06. The van der Waals surface area contributed by atoms with Crippen molar-refractivity contribution in [3.8, 4) is 0 Å². The van der Waals surface area contributed by atoms with E-state index in [1.54, 1.807) is 11.8 Å². The molecule has 0 aliphatic carbocycles. The van der Waals surface area contributed by atoms with Gasteiger partial charge in [-0.05, 0) is 6.92 Å². The summed E-state index contributed by atoms with van der Waals surface area (Å²) in [5, 5.41) is 0.410. The van der Waals surface area contributed by atoms with Crippen molar-refractivity contribution in [3.63, 3.8) is 0 Å². The summed E-state index contributed by atoms with van der Waals surface area (Å²) in [5.41, 5.74) is 0. The Bertz CT molecular complexity index is 64.0. The first-order chi connectivity index (χ1) is 4.16. The SMILES string of the molecule is C[C@H](S)SCC(S)CS. The molecule has 56 valence electrons. The minimum atomic E-state index is 0.410. The third-order valence-corrected chi connectivity index (χ3v) is 3.61. The van der Waals surface area contributed by atoms with Gasteiger partial charge in [-0.1, -0.05) is 0 Å². The van der Waals surface area contributed by atoms with Crippen molar-refractivity contribution in [2.24, 2.45) is 0 Å². The number of hydrogen-bond donors (Lipinski definition) is 3. The normalized spacial score (nSPS) is 17.3. The fraction of sp³-hybridized carbons (Fsp3) is 1.00. The van der Waals surface area contributed by atoms with Gasteiger partial charge < -0.3 is 0 Å². The van der Waals surface area contributed by atoms with E-state index in [0.29, 0.717) is 9.83 Å². The molecule has 4 heteroatoms. The van der Waals surface area contributed by atoms with Gasteiger partial charge in [-0.15, -0.1) is 11.8 Å². The van der Waals surface area contributed by atoms with Crippen LogP contribution in [0.15, 0.2) is 0 Å². The van der Waals surface area contributed by atoms with Crippen LogP contribution in [-0.2, 0) is 0 Å². The number of thiol groups is 3. The lowest BCUT2D eigenvalue weighted by atomic mass is 10.6. The van der Waals surface area contributed by atoms with Crippen LogP contribution in [-0.4, -0.2) is 21.3 Å². The second-order valence-electron chi connectivity index (χ2n) is 1.77. The second-order valence-corrected chi connectivity index (χ2v) is 5.36. The van der Waals surface area contributed by atoms with Crippen molar-refractivity contribution in [1.82, 2.24) is 0 Å². The molecule has 9 heavy (non-hydrogen) atoms. The first-order valence-electron chi connectivity index (χ1n) is 2.75. The predicted octanol–water partition coefficient (Wildman–Crippen LogP) is 2.22. The summed E-state index contributed by atoms with van der Waals surface area (Å²) in [6, 6.07) is 0. The molecule has 0 aromatic heterocycles. The highest BCUT2D eigenvalue weighted by Crippen LogP contribution is 2.16.